The lowest BCUT2D eigenvalue weighted by molar-refractivity contribution is -0.130. The average Bonchev–Trinajstić information content (AvgIpc) is 2.16. The summed E-state index contributed by atoms with van der Waals surface area (Å²) in [5, 5.41) is 9.22. The highest BCUT2D eigenvalue weighted by molar-refractivity contribution is 5.75. The van der Waals surface area contributed by atoms with Gasteiger partial charge >= 0.3 is 0 Å². The van der Waals surface area contributed by atoms with Crippen molar-refractivity contribution in [2.75, 3.05) is 7.05 Å². The van der Waals surface area contributed by atoms with Crippen LogP contribution < -0.4 is 0 Å². The number of carbonyl (C=O) groups is 1. The van der Waals surface area contributed by atoms with E-state index in [2.05, 4.69) is 0 Å². The SMILES string of the molecule is CCC(=O)N(C)Cc1cccc(O)c1. The summed E-state index contributed by atoms with van der Waals surface area (Å²) in [7, 11) is 1.76. The Bertz CT molecular complexity index is 323. The zero-order chi connectivity index (χ0) is 10.6. The Labute approximate surface area is 84.0 Å². The third-order valence-corrected chi connectivity index (χ3v) is 2.06. The third-order valence-electron chi connectivity index (χ3n) is 2.06. The van der Waals surface area contributed by atoms with Gasteiger partial charge in [0.1, 0.15) is 5.75 Å². The number of rotatable bonds is 3. The highest BCUT2D eigenvalue weighted by Crippen LogP contribution is 2.12. The summed E-state index contributed by atoms with van der Waals surface area (Å²) in [6.45, 7) is 2.38. The van der Waals surface area contributed by atoms with Crippen molar-refractivity contribution in [1.29, 1.82) is 0 Å². The van der Waals surface area contributed by atoms with E-state index in [1.165, 1.54) is 0 Å². The topological polar surface area (TPSA) is 40.5 Å². The minimum atomic E-state index is 0.105. The predicted molar refractivity (Wildman–Crippen MR) is 54.9 cm³/mol. The van der Waals surface area contributed by atoms with Crippen LogP contribution in [-0.4, -0.2) is 23.0 Å². The first-order chi connectivity index (χ1) is 6.63. The first-order valence-electron chi connectivity index (χ1n) is 4.65. The molecule has 1 aromatic carbocycles. The van der Waals surface area contributed by atoms with Gasteiger partial charge in [-0.05, 0) is 17.7 Å². The van der Waals surface area contributed by atoms with Gasteiger partial charge in [0.25, 0.3) is 0 Å². The molecular weight excluding hydrogens is 178 g/mol. The van der Waals surface area contributed by atoms with Crippen LogP contribution in [0.25, 0.3) is 0 Å². The van der Waals surface area contributed by atoms with Crippen molar-refractivity contribution in [1.82, 2.24) is 4.90 Å². The summed E-state index contributed by atoms with van der Waals surface area (Å²) in [6.07, 6.45) is 0.509. The molecule has 14 heavy (non-hydrogen) atoms. The molecule has 0 aliphatic carbocycles. The maximum Gasteiger partial charge on any atom is 0.222 e. The molecule has 1 N–H and O–H groups in total. The normalized spacial score (nSPS) is 9.86. The largest absolute Gasteiger partial charge is 0.508 e. The van der Waals surface area contributed by atoms with Crippen LogP contribution in [0.3, 0.4) is 0 Å². The van der Waals surface area contributed by atoms with Crippen LogP contribution >= 0.6 is 0 Å². The van der Waals surface area contributed by atoms with E-state index in [1.54, 1.807) is 30.1 Å². The van der Waals surface area contributed by atoms with Gasteiger partial charge in [-0.1, -0.05) is 19.1 Å². The summed E-state index contributed by atoms with van der Waals surface area (Å²) < 4.78 is 0. The van der Waals surface area contributed by atoms with E-state index in [0.29, 0.717) is 13.0 Å². The van der Waals surface area contributed by atoms with E-state index in [4.69, 9.17) is 0 Å². The number of hydrogen-bond acceptors (Lipinski definition) is 2. The first-order valence-corrected chi connectivity index (χ1v) is 4.65. The molecule has 0 bridgehead atoms. The molecule has 1 rings (SSSR count). The minimum absolute atomic E-state index is 0.105. The van der Waals surface area contributed by atoms with Crippen molar-refractivity contribution in [3.8, 4) is 5.75 Å². The lowest BCUT2D eigenvalue weighted by Gasteiger charge is -2.16. The van der Waals surface area contributed by atoms with Crippen molar-refractivity contribution in [3.63, 3.8) is 0 Å². The molecule has 76 valence electrons. The fourth-order valence-electron chi connectivity index (χ4n) is 1.29. The molecule has 3 heteroatoms. The molecule has 1 amide bonds. The fourth-order valence-corrected chi connectivity index (χ4v) is 1.29. The van der Waals surface area contributed by atoms with Gasteiger partial charge in [0.2, 0.25) is 5.91 Å². The summed E-state index contributed by atoms with van der Waals surface area (Å²) >= 11 is 0. The Morgan fingerprint density at radius 1 is 1.50 bits per heavy atom. The second kappa shape index (κ2) is 4.65. The minimum Gasteiger partial charge on any atom is -0.508 e. The lowest BCUT2D eigenvalue weighted by atomic mass is 10.2. The van der Waals surface area contributed by atoms with Crippen molar-refractivity contribution >= 4 is 5.91 Å². The Morgan fingerprint density at radius 3 is 2.79 bits per heavy atom. The Kier molecular flexibility index (Phi) is 3.51. The number of aromatic hydroxyl groups is 1. The highest BCUT2D eigenvalue weighted by Gasteiger charge is 2.06. The molecule has 0 radical (unpaired) electrons. The molecule has 0 spiro atoms. The molecule has 3 nitrogen and oxygen atoms in total. The standard InChI is InChI=1S/C11H15NO2/c1-3-11(14)12(2)8-9-5-4-6-10(13)7-9/h4-7,13H,3,8H2,1-2H3. The average molecular weight is 193 g/mol. The third kappa shape index (κ3) is 2.76. The highest BCUT2D eigenvalue weighted by atomic mass is 16.3. The first kappa shape index (κ1) is 10.6. The summed E-state index contributed by atoms with van der Waals surface area (Å²) in [6, 6.07) is 6.94. The lowest BCUT2D eigenvalue weighted by Crippen LogP contribution is -2.24. The Morgan fingerprint density at radius 2 is 2.21 bits per heavy atom. The van der Waals surface area contributed by atoms with Gasteiger partial charge in [-0.15, -0.1) is 0 Å². The molecule has 0 saturated carbocycles. The smallest absolute Gasteiger partial charge is 0.222 e. The maximum atomic E-state index is 11.3. The second-order valence-electron chi connectivity index (χ2n) is 3.27. The van der Waals surface area contributed by atoms with Crippen LogP contribution in [0.15, 0.2) is 24.3 Å². The Balaban J connectivity index is 2.64. The van der Waals surface area contributed by atoms with Crippen LogP contribution in [0.2, 0.25) is 0 Å². The number of phenolic OH excluding ortho intramolecular Hbond substituents is 1. The molecule has 0 saturated heterocycles. The molecule has 0 atom stereocenters. The van der Waals surface area contributed by atoms with Crippen LogP contribution in [-0.2, 0) is 11.3 Å². The zero-order valence-corrected chi connectivity index (χ0v) is 8.53. The number of benzene rings is 1. The summed E-state index contributed by atoms with van der Waals surface area (Å²) in [5.41, 5.74) is 0.939. The molecule has 0 aromatic heterocycles. The maximum absolute atomic E-state index is 11.3. The molecule has 0 fully saturated rings. The van der Waals surface area contributed by atoms with Crippen LogP contribution in [0.4, 0.5) is 0 Å². The van der Waals surface area contributed by atoms with Crippen molar-refractivity contribution in [3.05, 3.63) is 29.8 Å². The van der Waals surface area contributed by atoms with E-state index < -0.39 is 0 Å². The van der Waals surface area contributed by atoms with Gasteiger partial charge in [-0.3, -0.25) is 4.79 Å². The monoisotopic (exact) mass is 193 g/mol. The van der Waals surface area contributed by atoms with Gasteiger partial charge in [0.05, 0.1) is 0 Å². The van der Waals surface area contributed by atoms with Crippen molar-refractivity contribution in [2.24, 2.45) is 0 Å². The summed E-state index contributed by atoms with van der Waals surface area (Å²) in [4.78, 5) is 12.9. The molecule has 0 aliphatic heterocycles. The fraction of sp³-hybridized carbons (Fsp3) is 0.364. The van der Waals surface area contributed by atoms with E-state index in [0.717, 1.165) is 5.56 Å². The van der Waals surface area contributed by atoms with E-state index in [9.17, 15) is 9.90 Å². The van der Waals surface area contributed by atoms with Crippen molar-refractivity contribution < 1.29 is 9.90 Å². The van der Waals surface area contributed by atoms with E-state index >= 15 is 0 Å². The molecule has 0 aliphatic rings. The Hall–Kier alpha value is -1.51. The number of amides is 1. The van der Waals surface area contributed by atoms with Gasteiger partial charge in [-0.2, -0.15) is 0 Å². The predicted octanol–water partition coefficient (Wildman–Crippen LogP) is 1.76. The molecule has 0 unspecified atom stereocenters. The van der Waals surface area contributed by atoms with Gasteiger partial charge in [-0.25, -0.2) is 0 Å². The molecule has 1 aromatic rings. The summed E-state index contributed by atoms with van der Waals surface area (Å²) in [5.74, 6) is 0.341. The number of nitrogens with zero attached hydrogens (tertiary/aromatic N) is 1. The van der Waals surface area contributed by atoms with Gasteiger partial charge in [0.15, 0.2) is 0 Å². The zero-order valence-electron chi connectivity index (χ0n) is 8.53. The number of phenols is 1. The van der Waals surface area contributed by atoms with Crippen LogP contribution in [0.1, 0.15) is 18.9 Å². The van der Waals surface area contributed by atoms with Gasteiger partial charge < -0.3 is 10.0 Å². The number of carbonyl (C=O) groups excluding carboxylic acids is 1. The van der Waals surface area contributed by atoms with Crippen molar-refractivity contribution in [2.45, 2.75) is 19.9 Å². The molecule has 0 heterocycles. The van der Waals surface area contributed by atoms with Gasteiger partial charge in [0, 0.05) is 20.0 Å². The van der Waals surface area contributed by atoms with Crippen LogP contribution in [0.5, 0.6) is 5.75 Å². The van der Waals surface area contributed by atoms with Crippen LogP contribution in [0, 0.1) is 0 Å². The van der Waals surface area contributed by atoms with E-state index in [-0.39, 0.29) is 11.7 Å². The molecular formula is C11H15NO2. The quantitative estimate of drug-likeness (QED) is 0.794. The second-order valence-corrected chi connectivity index (χ2v) is 3.27. The van der Waals surface area contributed by atoms with E-state index in [1.807, 2.05) is 13.0 Å². The number of hydrogen-bond donors (Lipinski definition) is 1.